The Balaban J connectivity index is 2.60. The maximum Gasteiger partial charge on any atom is 0.303 e. The molecular formula is C13H21NO6. The summed E-state index contributed by atoms with van der Waals surface area (Å²) in [7, 11) is 1.52. The van der Waals surface area contributed by atoms with Crippen LogP contribution in [0.2, 0.25) is 0 Å². The van der Waals surface area contributed by atoms with Gasteiger partial charge in [0.2, 0.25) is 5.91 Å². The first-order chi connectivity index (χ1) is 9.38. The molecule has 2 N–H and O–H groups in total. The van der Waals surface area contributed by atoms with Gasteiger partial charge in [-0.15, -0.1) is 0 Å². The summed E-state index contributed by atoms with van der Waals surface area (Å²) in [5.41, 5.74) is -0.740. The van der Waals surface area contributed by atoms with E-state index in [9.17, 15) is 14.4 Å². The van der Waals surface area contributed by atoms with Gasteiger partial charge >= 0.3 is 11.9 Å². The van der Waals surface area contributed by atoms with Gasteiger partial charge in [0.25, 0.3) is 0 Å². The van der Waals surface area contributed by atoms with E-state index in [0.717, 1.165) is 0 Å². The summed E-state index contributed by atoms with van der Waals surface area (Å²) >= 11 is 0. The number of likely N-dealkylation sites (tertiary alicyclic amines) is 1. The number of aliphatic carboxylic acids is 2. The van der Waals surface area contributed by atoms with E-state index in [1.165, 1.54) is 7.11 Å². The average molecular weight is 287 g/mol. The number of carboxylic acid groups (broad SMARTS) is 2. The van der Waals surface area contributed by atoms with Crippen molar-refractivity contribution in [2.45, 2.75) is 32.1 Å². The molecule has 1 saturated heterocycles. The second kappa shape index (κ2) is 7.23. The van der Waals surface area contributed by atoms with Crippen LogP contribution < -0.4 is 0 Å². The lowest BCUT2D eigenvalue weighted by molar-refractivity contribution is -0.146. The summed E-state index contributed by atoms with van der Waals surface area (Å²) in [5, 5.41) is 17.9. The van der Waals surface area contributed by atoms with Crippen LogP contribution in [-0.4, -0.2) is 59.8 Å². The molecule has 0 bridgehead atoms. The van der Waals surface area contributed by atoms with Crippen molar-refractivity contribution in [2.24, 2.45) is 5.41 Å². The van der Waals surface area contributed by atoms with Crippen LogP contribution in [0.5, 0.6) is 0 Å². The van der Waals surface area contributed by atoms with Gasteiger partial charge in [-0.2, -0.15) is 0 Å². The minimum absolute atomic E-state index is 0.0360. The summed E-state index contributed by atoms with van der Waals surface area (Å²) < 4.78 is 4.85. The van der Waals surface area contributed by atoms with E-state index in [0.29, 0.717) is 39.0 Å². The van der Waals surface area contributed by atoms with Gasteiger partial charge in [-0.05, 0) is 18.3 Å². The number of carboxylic acids is 2. The Labute approximate surface area is 117 Å². The number of nitrogens with zero attached hydrogens (tertiary/aromatic N) is 1. The highest BCUT2D eigenvalue weighted by Gasteiger charge is 2.39. The summed E-state index contributed by atoms with van der Waals surface area (Å²) in [6.07, 6.45) is 0.773. The lowest BCUT2D eigenvalue weighted by Gasteiger charge is -2.40. The Morgan fingerprint density at radius 3 is 2.00 bits per heavy atom. The third-order valence-electron chi connectivity index (χ3n) is 3.75. The highest BCUT2D eigenvalue weighted by molar-refractivity contribution is 5.76. The highest BCUT2D eigenvalue weighted by Crippen LogP contribution is 2.38. The van der Waals surface area contributed by atoms with E-state index in [1.54, 1.807) is 4.90 Å². The van der Waals surface area contributed by atoms with Crippen molar-refractivity contribution in [3.63, 3.8) is 0 Å². The van der Waals surface area contributed by atoms with Gasteiger partial charge in [-0.1, -0.05) is 0 Å². The van der Waals surface area contributed by atoms with Crippen molar-refractivity contribution in [3.05, 3.63) is 0 Å². The molecule has 0 unspecified atom stereocenters. The molecule has 1 aliphatic rings. The van der Waals surface area contributed by atoms with Gasteiger partial charge in [0, 0.05) is 20.2 Å². The van der Waals surface area contributed by atoms with Crippen molar-refractivity contribution in [3.8, 4) is 0 Å². The quantitative estimate of drug-likeness (QED) is 0.710. The standard InChI is InChI=1S/C13H21NO6/c1-20-7-2-10(15)14-5-3-13(4-6-14,8-11(16)17)9-12(18)19/h2-9H2,1H3,(H,16,17)(H,18,19). The van der Waals surface area contributed by atoms with Gasteiger partial charge in [-0.3, -0.25) is 14.4 Å². The average Bonchev–Trinajstić information content (AvgIpc) is 2.35. The Bertz CT molecular complexity index is 355. The number of amides is 1. The number of carbonyl (C=O) groups excluding carboxylic acids is 1. The molecule has 0 radical (unpaired) electrons. The predicted octanol–water partition coefficient (Wildman–Crippen LogP) is 0.581. The zero-order valence-corrected chi connectivity index (χ0v) is 11.6. The van der Waals surface area contributed by atoms with E-state index < -0.39 is 17.4 Å². The van der Waals surface area contributed by atoms with Crippen LogP contribution in [0.3, 0.4) is 0 Å². The third-order valence-corrected chi connectivity index (χ3v) is 3.75. The zero-order chi connectivity index (χ0) is 15.2. The number of methoxy groups -OCH3 is 1. The van der Waals surface area contributed by atoms with Gasteiger partial charge < -0.3 is 19.8 Å². The third kappa shape index (κ3) is 4.80. The van der Waals surface area contributed by atoms with E-state index >= 15 is 0 Å². The molecule has 1 fully saturated rings. The summed E-state index contributed by atoms with van der Waals surface area (Å²) in [5.74, 6) is -2.03. The number of rotatable bonds is 7. The zero-order valence-electron chi connectivity index (χ0n) is 11.6. The molecule has 20 heavy (non-hydrogen) atoms. The molecule has 0 aromatic heterocycles. The molecule has 7 nitrogen and oxygen atoms in total. The van der Waals surface area contributed by atoms with Crippen LogP contribution in [0.15, 0.2) is 0 Å². The van der Waals surface area contributed by atoms with Crippen LogP contribution in [0.4, 0.5) is 0 Å². The number of hydrogen-bond acceptors (Lipinski definition) is 4. The second-order valence-electron chi connectivity index (χ2n) is 5.26. The van der Waals surface area contributed by atoms with Crippen molar-refractivity contribution >= 4 is 17.8 Å². The molecule has 1 heterocycles. The molecule has 0 aliphatic carbocycles. The Kier molecular flexibility index (Phi) is 5.94. The minimum Gasteiger partial charge on any atom is -0.481 e. The molecule has 7 heteroatoms. The summed E-state index contributed by atoms with van der Waals surface area (Å²) in [6, 6.07) is 0. The largest absolute Gasteiger partial charge is 0.481 e. The highest BCUT2D eigenvalue weighted by atomic mass is 16.5. The van der Waals surface area contributed by atoms with E-state index in [4.69, 9.17) is 14.9 Å². The number of piperidine rings is 1. The van der Waals surface area contributed by atoms with Gasteiger partial charge in [0.05, 0.1) is 25.9 Å². The first-order valence-electron chi connectivity index (χ1n) is 6.59. The second-order valence-corrected chi connectivity index (χ2v) is 5.26. The SMILES string of the molecule is COCCC(=O)N1CCC(CC(=O)O)(CC(=O)O)CC1. The van der Waals surface area contributed by atoms with Crippen molar-refractivity contribution in [1.29, 1.82) is 0 Å². The molecule has 0 atom stereocenters. The van der Waals surface area contributed by atoms with E-state index in [1.807, 2.05) is 0 Å². The fraction of sp³-hybridized carbons (Fsp3) is 0.769. The molecule has 0 aromatic rings. The smallest absolute Gasteiger partial charge is 0.303 e. The number of hydrogen-bond donors (Lipinski definition) is 2. The summed E-state index contributed by atoms with van der Waals surface area (Å²) in [6.45, 7) is 1.16. The van der Waals surface area contributed by atoms with Crippen LogP contribution in [0, 0.1) is 5.41 Å². The Morgan fingerprint density at radius 1 is 1.10 bits per heavy atom. The Morgan fingerprint density at radius 2 is 1.60 bits per heavy atom. The number of carbonyl (C=O) groups is 3. The van der Waals surface area contributed by atoms with Crippen molar-refractivity contribution in [1.82, 2.24) is 4.90 Å². The molecular weight excluding hydrogens is 266 g/mol. The van der Waals surface area contributed by atoms with Gasteiger partial charge in [0.15, 0.2) is 0 Å². The van der Waals surface area contributed by atoms with Crippen LogP contribution in [-0.2, 0) is 19.1 Å². The summed E-state index contributed by atoms with van der Waals surface area (Å²) in [4.78, 5) is 35.3. The van der Waals surface area contributed by atoms with Crippen molar-refractivity contribution < 1.29 is 29.3 Å². The topological polar surface area (TPSA) is 104 Å². The molecule has 1 rings (SSSR count). The van der Waals surface area contributed by atoms with Crippen molar-refractivity contribution in [2.75, 3.05) is 26.8 Å². The van der Waals surface area contributed by atoms with Crippen LogP contribution >= 0.6 is 0 Å². The lowest BCUT2D eigenvalue weighted by Crippen LogP contribution is -2.45. The maximum atomic E-state index is 11.8. The molecule has 1 amide bonds. The molecule has 1 aliphatic heterocycles. The number of ether oxygens (including phenoxy) is 1. The normalized spacial score (nSPS) is 17.8. The van der Waals surface area contributed by atoms with Crippen LogP contribution in [0.25, 0.3) is 0 Å². The molecule has 0 aromatic carbocycles. The minimum atomic E-state index is -0.995. The first kappa shape index (κ1) is 16.4. The fourth-order valence-corrected chi connectivity index (χ4v) is 2.64. The molecule has 0 saturated carbocycles. The van der Waals surface area contributed by atoms with E-state index in [-0.39, 0.29) is 18.7 Å². The van der Waals surface area contributed by atoms with Gasteiger partial charge in [0.1, 0.15) is 0 Å². The molecule has 0 spiro atoms. The predicted molar refractivity (Wildman–Crippen MR) is 69.2 cm³/mol. The monoisotopic (exact) mass is 287 g/mol. The lowest BCUT2D eigenvalue weighted by atomic mass is 9.73. The maximum absolute atomic E-state index is 11.8. The van der Waals surface area contributed by atoms with E-state index in [2.05, 4.69) is 0 Å². The van der Waals surface area contributed by atoms with Crippen LogP contribution in [0.1, 0.15) is 32.1 Å². The first-order valence-corrected chi connectivity index (χ1v) is 6.59. The Hall–Kier alpha value is -1.63. The molecule has 114 valence electrons. The van der Waals surface area contributed by atoms with Gasteiger partial charge in [-0.25, -0.2) is 0 Å². The fourth-order valence-electron chi connectivity index (χ4n) is 2.64.